The number of carbonyl (C=O) groups excluding carboxylic acids is 1. The lowest BCUT2D eigenvalue weighted by Gasteiger charge is -2.33. The standard InChI is InChI=1S/C15H20N2O3/c1-15(7-3-2-4-8-15)10-17-13(18)12-11(14(19)20)6-5-9-16-12/h5-6,9H,2-4,7-8,10H2,1H3,(H,17,18)(H,19,20). The summed E-state index contributed by atoms with van der Waals surface area (Å²) in [5.74, 6) is -1.54. The Morgan fingerprint density at radius 2 is 2.05 bits per heavy atom. The van der Waals surface area contributed by atoms with Gasteiger partial charge < -0.3 is 10.4 Å². The summed E-state index contributed by atoms with van der Waals surface area (Å²) < 4.78 is 0. The van der Waals surface area contributed by atoms with E-state index in [1.807, 2.05) is 0 Å². The highest BCUT2D eigenvalue weighted by atomic mass is 16.4. The maximum absolute atomic E-state index is 12.1. The highest BCUT2D eigenvalue weighted by molar-refractivity contribution is 6.03. The SMILES string of the molecule is CC1(CNC(=O)c2ncccc2C(=O)O)CCCCC1. The lowest BCUT2D eigenvalue weighted by Crippen LogP contribution is -2.37. The molecule has 0 unspecified atom stereocenters. The second-order valence-corrected chi connectivity index (χ2v) is 5.76. The van der Waals surface area contributed by atoms with E-state index >= 15 is 0 Å². The van der Waals surface area contributed by atoms with Gasteiger partial charge in [0.15, 0.2) is 0 Å². The van der Waals surface area contributed by atoms with E-state index in [2.05, 4.69) is 17.2 Å². The molecule has 108 valence electrons. The van der Waals surface area contributed by atoms with Crippen LogP contribution in [0.25, 0.3) is 0 Å². The van der Waals surface area contributed by atoms with E-state index in [1.54, 1.807) is 0 Å². The minimum atomic E-state index is -1.13. The van der Waals surface area contributed by atoms with Crippen molar-refractivity contribution in [2.24, 2.45) is 5.41 Å². The number of nitrogens with one attached hydrogen (secondary N) is 1. The lowest BCUT2D eigenvalue weighted by atomic mass is 9.76. The number of hydrogen-bond acceptors (Lipinski definition) is 3. The normalized spacial score (nSPS) is 17.4. The average molecular weight is 276 g/mol. The molecule has 1 heterocycles. The summed E-state index contributed by atoms with van der Waals surface area (Å²) >= 11 is 0. The first-order valence-corrected chi connectivity index (χ1v) is 6.98. The van der Waals surface area contributed by atoms with Crippen molar-refractivity contribution in [3.8, 4) is 0 Å². The van der Waals surface area contributed by atoms with Crippen molar-refractivity contribution < 1.29 is 14.7 Å². The van der Waals surface area contributed by atoms with E-state index < -0.39 is 11.9 Å². The topological polar surface area (TPSA) is 79.3 Å². The zero-order valence-corrected chi connectivity index (χ0v) is 11.7. The number of pyridine rings is 1. The molecular formula is C15H20N2O3. The fourth-order valence-corrected chi connectivity index (χ4v) is 2.72. The third-order valence-electron chi connectivity index (χ3n) is 3.99. The van der Waals surface area contributed by atoms with Gasteiger partial charge in [-0.1, -0.05) is 26.2 Å². The number of rotatable bonds is 4. The number of amides is 1. The number of aromatic nitrogens is 1. The van der Waals surface area contributed by atoms with Crippen molar-refractivity contribution in [3.05, 3.63) is 29.6 Å². The van der Waals surface area contributed by atoms with Crippen LogP contribution in [0.3, 0.4) is 0 Å². The van der Waals surface area contributed by atoms with Crippen LogP contribution in [0.1, 0.15) is 59.9 Å². The second kappa shape index (κ2) is 6.03. The van der Waals surface area contributed by atoms with Gasteiger partial charge in [0, 0.05) is 12.7 Å². The van der Waals surface area contributed by atoms with Gasteiger partial charge in [-0.15, -0.1) is 0 Å². The smallest absolute Gasteiger partial charge is 0.338 e. The van der Waals surface area contributed by atoms with Gasteiger partial charge in [-0.2, -0.15) is 0 Å². The van der Waals surface area contributed by atoms with Crippen LogP contribution < -0.4 is 5.32 Å². The van der Waals surface area contributed by atoms with Gasteiger partial charge in [0.2, 0.25) is 0 Å². The molecule has 1 amide bonds. The van der Waals surface area contributed by atoms with Gasteiger partial charge in [0.1, 0.15) is 5.69 Å². The first-order valence-electron chi connectivity index (χ1n) is 6.98. The van der Waals surface area contributed by atoms with Crippen LogP contribution >= 0.6 is 0 Å². The molecule has 0 saturated heterocycles. The van der Waals surface area contributed by atoms with Crippen molar-refractivity contribution >= 4 is 11.9 Å². The fraction of sp³-hybridized carbons (Fsp3) is 0.533. The summed E-state index contributed by atoms with van der Waals surface area (Å²) in [5.41, 5.74) is 0.0460. The molecule has 1 fully saturated rings. The molecule has 0 bridgehead atoms. The molecule has 0 atom stereocenters. The minimum Gasteiger partial charge on any atom is -0.478 e. The average Bonchev–Trinajstić information content (AvgIpc) is 2.45. The molecule has 1 aromatic rings. The Morgan fingerprint density at radius 1 is 1.35 bits per heavy atom. The molecule has 1 aromatic heterocycles. The van der Waals surface area contributed by atoms with Crippen LogP contribution in [0.4, 0.5) is 0 Å². The van der Waals surface area contributed by atoms with Crippen molar-refractivity contribution in [1.29, 1.82) is 0 Å². The van der Waals surface area contributed by atoms with Gasteiger partial charge in [-0.05, 0) is 30.4 Å². The summed E-state index contributed by atoms with van der Waals surface area (Å²) in [6.45, 7) is 2.74. The van der Waals surface area contributed by atoms with Crippen molar-refractivity contribution in [3.63, 3.8) is 0 Å². The summed E-state index contributed by atoms with van der Waals surface area (Å²) in [4.78, 5) is 27.1. The molecular weight excluding hydrogens is 256 g/mol. The van der Waals surface area contributed by atoms with Crippen LogP contribution in [0.15, 0.2) is 18.3 Å². The van der Waals surface area contributed by atoms with E-state index in [-0.39, 0.29) is 16.7 Å². The van der Waals surface area contributed by atoms with Crippen molar-refractivity contribution in [1.82, 2.24) is 10.3 Å². The van der Waals surface area contributed by atoms with E-state index in [9.17, 15) is 9.59 Å². The lowest BCUT2D eigenvalue weighted by molar-refractivity contribution is 0.0689. The quantitative estimate of drug-likeness (QED) is 0.885. The third-order valence-corrected chi connectivity index (χ3v) is 3.99. The van der Waals surface area contributed by atoms with Crippen molar-refractivity contribution in [2.45, 2.75) is 39.0 Å². The predicted octanol–water partition coefficient (Wildman–Crippen LogP) is 2.48. The highest BCUT2D eigenvalue weighted by Crippen LogP contribution is 2.34. The number of aromatic carboxylic acids is 1. The van der Waals surface area contributed by atoms with E-state index in [0.717, 1.165) is 12.8 Å². The zero-order valence-electron chi connectivity index (χ0n) is 11.7. The maximum atomic E-state index is 12.1. The van der Waals surface area contributed by atoms with Gasteiger partial charge in [-0.3, -0.25) is 9.78 Å². The van der Waals surface area contributed by atoms with Gasteiger partial charge in [-0.25, -0.2) is 4.79 Å². The Morgan fingerprint density at radius 3 is 2.70 bits per heavy atom. The molecule has 0 aliphatic heterocycles. The van der Waals surface area contributed by atoms with Gasteiger partial charge in [0.05, 0.1) is 5.56 Å². The van der Waals surface area contributed by atoms with Gasteiger partial charge in [0.25, 0.3) is 5.91 Å². The third kappa shape index (κ3) is 3.35. The molecule has 1 aliphatic carbocycles. The largest absolute Gasteiger partial charge is 0.478 e. The number of nitrogens with zero attached hydrogens (tertiary/aromatic N) is 1. The Labute approximate surface area is 118 Å². The summed E-state index contributed by atoms with van der Waals surface area (Å²) in [5, 5.41) is 11.9. The molecule has 5 nitrogen and oxygen atoms in total. The monoisotopic (exact) mass is 276 g/mol. The number of carboxylic acid groups (broad SMARTS) is 1. The number of carboxylic acids is 1. The van der Waals surface area contributed by atoms with Crippen molar-refractivity contribution in [2.75, 3.05) is 6.54 Å². The van der Waals surface area contributed by atoms with Crippen LogP contribution in [-0.2, 0) is 0 Å². The van der Waals surface area contributed by atoms with E-state index in [4.69, 9.17) is 5.11 Å². The predicted molar refractivity (Wildman–Crippen MR) is 74.7 cm³/mol. The summed E-state index contributed by atoms with van der Waals surface area (Å²) in [6, 6.07) is 2.91. The number of carbonyl (C=O) groups is 2. The van der Waals surface area contributed by atoms with Crippen LogP contribution in [0.2, 0.25) is 0 Å². The minimum absolute atomic E-state index is 0.0144. The zero-order chi connectivity index (χ0) is 14.6. The summed E-state index contributed by atoms with van der Waals surface area (Å²) in [6.07, 6.45) is 7.27. The van der Waals surface area contributed by atoms with Gasteiger partial charge >= 0.3 is 5.97 Å². The molecule has 2 N–H and O–H groups in total. The van der Waals surface area contributed by atoms with Crippen LogP contribution in [0, 0.1) is 5.41 Å². The molecule has 2 rings (SSSR count). The highest BCUT2D eigenvalue weighted by Gasteiger charge is 2.28. The Hall–Kier alpha value is -1.91. The number of hydrogen-bond donors (Lipinski definition) is 2. The van der Waals surface area contributed by atoms with E-state index in [1.165, 1.54) is 37.6 Å². The second-order valence-electron chi connectivity index (χ2n) is 5.76. The first-order chi connectivity index (χ1) is 9.52. The molecule has 5 heteroatoms. The Bertz CT molecular complexity index is 508. The Kier molecular flexibility index (Phi) is 4.37. The maximum Gasteiger partial charge on any atom is 0.338 e. The molecule has 0 radical (unpaired) electrons. The fourth-order valence-electron chi connectivity index (χ4n) is 2.72. The first kappa shape index (κ1) is 14.5. The molecule has 1 aliphatic rings. The molecule has 0 aromatic carbocycles. The Balaban J connectivity index is 2.03. The van der Waals surface area contributed by atoms with E-state index in [0.29, 0.717) is 6.54 Å². The molecule has 1 saturated carbocycles. The van der Waals surface area contributed by atoms with Crippen LogP contribution in [0.5, 0.6) is 0 Å². The molecule has 0 spiro atoms. The molecule has 20 heavy (non-hydrogen) atoms. The summed E-state index contributed by atoms with van der Waals surface area (Å²) in [7, 11) is 0. The van der Waals surface area contributed by atoms with Crippen LogP contribution in [-0.4, -0.2) is 28.5 Å².